The number of amides is 4. The molecular weight excluding hydrogens is 528 g/mol. The second-order valence-corrected chi connectivity index (χ2v) is 12.1. The van der Waals surface area contributed by atoms with Gasteiger partial charge in [-0.05, 0) is 39.0 Å². The van der Waals surface area contributed by atoms with E-state index in [0.717, 1.165) is 24.8 Å². The minimum absolute atomic E-state index is 0.139. The molecule has 0 aliphatic rings. The van der Waals surface area contributed by atoms with Crippen LogP contribution in [0.1, 0.15) is 137 Å². The molecular formula is C34H62N4O4. The van der Waals surface area contributed by atoms with Gasteiger partial charge in [-0.3, -0.25) is 19.2 Å². The maximum Gasteiger partial charge on any atom is 0.243 e. The molecule has 0 radical (unpaired) electrons. The smallest absolute Gasteiger partial charge is 0.243 e. The summed E-state index contributed by atoms with van der Waals surface area (Å²) >= 11 is 0. The molecule has 242 valence electrons. The van der Waals surface area contributed by atoms with Crippen molar-refractivity contribution < 1.29 is 19.2 Å². The van der Waals surface area contributed by atoms with Crippen molar-refractivity contribution in [2.45, 2.75) is 155 Å². The second-order valence-electron chi connectivity index (χ2n) is 12.1. The van der Waals surface area contributed by atoms with Gasteiger partial charge in [-0.1, -0.05) is 122 Å². The number of likely N-dealkylation sites (N-methyl/N-ethyl adjacent to an activating group) is 1. The van der Waals surface area contributed by atoms with Crippen LogP contribution in [-0.2, 0) is 19.2 Å². The summed E-state index contributed by atoms with van der Waals surface area (Å²) in [6.07, 6.45) is 20.8. The zero-order valence-corrected chi connectivity index (χ0v) is 27.6. The lowest BCUT2D eigenvalue weighted by molar-refractivity contribution is -0.133. The van der Waals surface area contributed by atoms with Crippen molar-refractivity contribution in [1.82, 2.24) is 21.3 Å². The fourth-order valence-corrected chi connectivity index (χ4v) is 4.92. The van der Waals surface area contributed by atoms with Crippen LogP contribution in [0.2, 0.25) is 0 Å². The highest BCUT2D eigenvalue weighted by molar-refractivity contribution is 5.94. The van der Waals surface area contributed by atoms with Gasteiger partial charge in [-0.15, -0.1) is 0 Å². The summed E-state index contributed by atoms with van der Waals surface area (Å²) in [4.78, 5) is 50.8. The molecule has 42 heavy (non-hydrogen) atoms. The molecule has 0 saturated carbocycles. The van der Waals surface area contributed by atoms with Crippen molar-refractivity contribution in [3.63, 3.8) is 0 Å². The van der Waals surface area contributed by atoms with Crippen LogP contribution in [0.15, 0.2) is 24.3 Å². The minimum Gasteiger partial charge on any atom is -0.357 e. The highest BCUT2D eigenvalue weighted by atomic mass is 16.2. The molecule has 0 fully saturated rings. The number of nitrogens with one attached hydrogen (secondary N) is 4. The van der Waals surface area contributed by atoms with Gasteiger partial charge >= 0.3 is 0 Å². The normalized spacial score (nSPS) is 13.6. The fraction of sp³-hybridized carbons (Fsp3) is 0.765. The number of carbonyl (C=O) groups is 4. The molecule has 0 aliphatic heterocycles. The Hall–Kier alpha value is -2.64. The second kappa shape index (κ2) is 24.9. The van der Waals surface area contributed by atoms with Crippen LogP contribution < -0.4 is 21.3 Å². The quantitative estimate of drug-likeness (QED) is 0.0742. The summed E-state index contributed by atoms with van der Waals surface area (Å²) in [5.74, 6) is -1.15. The topological polar surface area (TPSA) is 116 Å². The van der Waals surface area contributed by atoms with Crippen LogP contribution >= 0.6 is 0 Å². The van der Waals surface area contributed by atoms with Crippen molar-refractivity contribution in [3.05, 3.63) is 24.3 Å². The number of carbonyl (C=O) groups excluding carboxylic acids is 4. The van der Waals surface area contributed by atoms with Crippen LogP contribution in [0, 0.1) is 5.92 Å². The minimum atomic E-state index is -0.874. The van der Waals surface area contributed by atoms with Crippen molar-refractivity contribution in [1.29, 1.82) is 0 Å². The van der Waals surface area contributed by atoms with Crippen molar-refractivity contribution in [2.24, 2.45) is 5.92 Å². The lowest BCUT2D eigenvalue weighted by Gasteiger charge is -2.24. The van der Waals surface area contributed by atoms with Gasteiger partial charge in [0.05, 0.1) is 0 Å². The SMILES string of the molecule is C=C/C=C(\C)CC(NC(=O)C(C)NC(=O)[C@H](CC(C)C)NC(=O)CCCCCCCCCCCCCCC)C(=O)NC. The lowest BCUT2D eigenvalue weighted by Crippen LogP contribution is -2.55. The average molecular weight is 591 g/mol. The first-order chi connectivity index (χ1) is 20.0. The zero-order chi connectivity index (χ0) is 31.8. The molecule has 2 unspecified atom stereocenters. The fourth-order valence-electron chi connectivity index (χ4n) is 4.92. The van der Waals surface area contributed by atoms with Crippen molar-refractivity contribution >= 4 is 23.6 Å². The van der Waals surface area contributed by atoms with Gasteiger partial charge in [0.15, 0.2) is 0 Å². The van der Waals surface area contributed by atoms with E-state index in [1.165, 1.54) is 71.3 Å². The first kappa shape index (κ1) is 39.4. The molecule has 4 N–H and O–H groups in total. The Morgan fingerprint density at radius 1 is 0.690 bits per heavy atom. The number of rotatable bonds is 25. The first-order valence-corrected chi connectivity index (χ1v) is 16.4. The summed E-state index contributed by atoms with van der Waals surface area (Å²) in [6.45, 7) is 13.3. The maximum atomic E-state index is 13.1. The third-order valence-electron chi connectivity index (χ3n) is 7.43. The summed E-state index contributed by atoms with van der Waals surface area (Å²) in [5.41, 5.74) is 0.888. The molecule has 8 heteroatoms. The summed E-state index contributed by atoms with van der Waals surface area (Å²) in [7, 11) is 1.51. The van der Waals surface area contributed by atoms with Gasteiger partial charge in [0.2, 0.25) is 23.6 Å². The zero-order valence-electron chi connectivity index (χ0n) is 27.6. The Labute approximate surface area is 256 Å². The maximum absolute atomic E-state index is 13.1. The van der Waals surface area contributed by atoms with Gasteiger partial charge < -0.3 is 21.3 Å². The Balaban J connectivity index is 4.55. The highest BCUT2D eigenvalue weighted by Crippen LogP contribution is 2.13. The third-order valence-corrected chi connectivity index (χ3v) is 7.43. The molecule has 0 aliphatic carbocycles. The van der Waals surface area contributed by atoms with E-state index in [0.29, 0.717) is 19.3 Å². The number of hydrogen-bond donors (Lipinski definition) is 4. The van der Waals surface area contributed by atoms with E-state index in [1.807, 2.05) is 20.8 Å². The van der Waals surface area contributed by atoms with E-state index in [1.54, 1.807) is 19.1 Å². The van der Waals surface area contributed by atoms with Gasteiger partial charge in [-0.25, -0.2) is 0 Å². The monoisotopic (exact) mass is 590 g/mol. The van der Waals surface area contributed by atoms with Crippen LogP contribution in [-0.4, -0.2) is 48.8 Å². The largest absolute Gasteiger partial charge is 0.357 e. The molecule has 0 saturated heterocycles. The number of unbranched alkanes of at least 4 members (excludes halogenated alkanes) is 12. The van der Waals surface area contributed by atoms with Crippen LogP contribution in [0.4, 0.5) is 0 Å². The molecule has 8 nitrogen and oxygen atoms in total. The van der Waals surface area contributed by atoms with Crippen molar-refractivity contribution in [2.75, 3.05) is 7.05 Å². The standard InChI is InChI=1S/C34H62N4O4/c1-8-10-11-12-13-14-15-16-17-18-19-20-21-23-31(39)37-29(24-26(3)4)34(42)36-28(6)32(40)38-30(33(41)35-7)25-27(5)22-9-2/h9,22,26,28-30H,2,8,10-21,23-25H2,1,3-7H3,(H,35,41)(H,36,42)(H,37,39)(H,38,40)/b27-22+/t28?,29-,30?/m0/s1. The average Bonchev–Trinajstić information content (AvgIpc) is 2.94. The Morgan fingerprint density at radius 3 is 1.69 bits per heavy atom. The molecule has 0 aromatic rings. The van der Waals surface area contributed by atoms with E-state index in [9.17, 15) is 19.2 Å². The summed E-state index contributed by atoms with van der Waals surface area (Å²) in [6, 6.07) is -2.37. The van der Waals surface area contributed by atoms with Crippen LogP contribution in [0.3, 0.4) is 0 Å². The van der Waals surface area contributed by atoms with Gasteiger partial charge in [-0.2, -0.15) is 0 Å². The molecule has 0 spiro atoms. The summed E-state index contributed by atoms with van der Waals surface area (Å²) in [5, 5.41) is 10.9. The van der Waals surface area contributed by atoms with Crippen LogP contribution in [0.25, 0.3) is 0 Å². The van der Waals surface area contributed by atoms with Gasteiger partial charge in [0.1, 0.15) is 18.1 Å². The summed E-state index contributed by atoms with van der Waals surface area (Å²) < 4.78 is 0. The number of allylic oxidation sites excluding steroid dienone is 2. The first-order valence-electron chi connectivity index (χ1n) is 16.4. The van der Waals surface area contributed by atoms with Gasteiger partial charge in [0.25, 0.3) is 0 Å². The molecule has 0 bridgehead atoms. The third kappa shape index (κ3) is 20.3. The Bertz CT molecular complexity index is 824. The molecule has 0 aromatic carbocycles. The molecule has 0 aromatic heterocycles. The van der Waals surface area contributed by atoms with E-state index in [4.69, 9.17) is 0 Å². The van der Waals surface area contributed by atoms with E-state index in [2.05, 4.69) is 34.8 Å². The van der Waals surface area contributed by atoms with Crippen LogP contribution in [0.5, 0.6) is 0 Å². The lowest BCUT2D eigenvalue weighted by atomic mass is 10.0. The van der Waals surface area contributed by atoms with E-state index in [-0.39, 0.29) is 17.7 Å². The number of hydrogen-bond acceptors (Lipinski definition) is 4. The predicted octanol–water partition coefficient (Wildman–Crippen LogP) is 6.26. The van der Waals surface area contributed by atoms with E-state index < -0.39 is 29.9 Å². The molecule has 3 atom stereocenters. The van der Waals surface area contributed by atoms with E-state index >= 15 is 0 Å². The molecule has 4 amide bonds. The molecule has 0 rings (SSSR count). The van der Waals surface area contributed by atoms with Gasteiger partial charge in [0, 0.05) is 13.5 Å². The highest BCUT2D eigenvalue weighted by Gasteiger charge is 2.27. The Morgan fingerprint density at radius 2 is 1.21 bits per heavy atom. The predicted molar refractivity (Wildman–Crippen MR) is 174 cm³/mol. The molecule has 0 heterocycles. The Kier molecular flexibility index (Phi) is 23.3. The van der Waals surface area contributed by atoms with Crippen molar-refractivity contribution in [3.8, 4) is 0 Å².